The molecule has 7 nitrogen and oxygen atoms in total. The summed E-state index contributed by atoms with van der Waals surface area (Å²) < 4.78 is 79.6. The Morgan fingerprint density at radius 2 is 1.64 bits per heavy atom. The van der Waals surface area contributed by atoms with Gasteiger partial charge in [0.2, 0.25) is 5.95 Å². The number of rotatable bonds is 5. The molecular formula is C20H17F6N5O2. The molecule has 3 aromatic rings. The van der Waals surface area contributed by atoms with Crippen LogP contribution in [0.2, 0.25) is 0 Å². The van der Waals surface area contributed by atoms with Gasteiger partial charge in [-0.3, -0.25) is 14.6 Å². The zero-order valence-electron chi connectivity index (χ0n) is 17.2. The van der Waals surface area contributed by atoms with E-state index >= 15 is 0 Å². The van der Waals surface area contributed by atoms with Crippen LogP contribution in [0.25, 0.3) is 5.95 Å². The van der Waals surface area contributed by atoms with E-state index in [1.54, 1.807) is 0 Å². The van der Waals surface area contributed by atoms with E-state index in [2.05, 4.69) is 20.4 Å². The van der Waals surface area contributed by atoms with Crippen molar-refractivity contribution in [3.63, 3.8) is 0 Å². The lowest BCUT2D eigenvalue weighted by molar-refractivity contribution is -0.143. The number of nitrogens with one attached hydrogen (secondary N) is 2. The predicted molar refractivity (Wildman–Crippen MR) is 105 cm³/mol. The Morgan fingerprint density at radius 1 is 1.03 bits per heavy atom. The van der Waals surface area contributed by atoms with Crippen LogP contribution in [-0.2, 0) is 18.8 Å². The highest BCUT2D eigenvalue weighted by molar-refractivity contribution is 6.04. The van der Waals surface area contributed by atoms with E-state index in [0.29, 0.717) is 36.4 Å². The van der Waals surface area contributed by atoms with Crippen molar-refractivity contribution < 1.29 is 31.1 Å². The van der Waals surface area contributed by atoms with Crippen molar-refractivity contribution in [2.45, 2.75) is 39.0 Å². The van der Waals surface area contributed by atoms with Crippen LogP contribution in [0.5, 0.6) is 0 Å². The molecule has 176 valence electrons. The first-order valence-corrected chi connectivity index (χ1v) is 9.56. The van der Waals surface area contributed by atoms with E-state index < -0.39 is 40.5 Å². The van der Waals surface area contributed by atoms with Crippen molar-refractivity contribution in [1.29, 1.82) is 0 Å². The minimum atomic E-state index is -5.10. The van der Waals surface area contributed by atoms with Crippen molar-refractivity contribution in [3.8, 4) is 5.95 Å². The fraction of sp³-hybridized carbons (Fsp3) is 0.300. The summed E-state index contributed by atoms with van der Waals surface area (Å²) in [5.41, 5.74) is -3.82. The molecule has 0 unspecified atom stereocenters. The molecule has 2 heterocycles. The number of benzene rings is 1. The van der Waals surface area contributed by atoms with E-state index in [-0.39, 0.29) is 17.8 Å². The van der Waals surface area contributed by atoms with Crippen LogP contribution in [-0.4, -0.2) is 25.7 Å². The Kier molecular flexibility index (Phi) is 6.34. The lowest BCUT2D eigenvalue weighted by Gasteiger charge is -2.14. The number of anilines is 1. The molecule has 1 amide bonds. The second-order valence-electron chi connectivity index (χ2n) is 7.14. The van der Waals surface area contributed by atoms with Crippen LogP contribution >= 0.6 is 0 Å². The van der Waals surface area contributed by atoms with Crippen LogP contribution in [0.1, 0.15) is 46.2 Å². The highest BCUT2D eigenvalue weighted by atomic mass is 19.4. The second kappa shape index (κ2) is 8.71. The van der Waals surface area contributed by atoms with Crippen molar-refractivity contribution in [2.75, 3.05) is 5.32 Å². The minimum absolute atomic E-state index is 0.0704. The van der Waals surface area contributed by atoms with E-state index in [9.17, 15) is 35.9 Å². The summed E-state index contributed by atoms with van der Waals surface area (Å²) in [5, 5.41) is 6.33. The Hall–Kier alpha value is -3.64. The molecule has 0 bridgehead atoms. The van der Waals surface area contributed by atoms with Crippen molar-refractivity contribution in [2.24, 2.45) is 0 Å². The molecule has 0 saturated carbocycles. The van der Waals surface area contributed by atoms with Crippen molar-refractivity contribution >= 4 is 11.7 Å². The summed E-state index contributed by atoms with van der Waals surface area (Å²) in [6, 6.07) is 3.17. The number of hydrogen-bond acceptors (Lipinski definition) is 4. The van der Waals surface area contributed by atoms with Gasteiger partial charge in [-0.25, -0.2) is 4.98 Å². The molecule has 1 aromatic carbocycles. The van der Waals surface area contributed by atoms with Gasteiger partial charge >= 0.3 is 12.4 Å². The number of hydrogen-bond donors (Lipinski definition) is 2. The summed E-state index contributed by atoms with van der Waals surface area (Å²) >= 11 is 0. The summed E-state index contributed by atoms with van der Waals surface area (Å²) in [6.07, 6.45) is -9.03. The summed E-state index contributed by atoms with van der Waals surface area (Å²) in [4.78, 5) is 31.2. The molecule has 2 aromatic heterocycles. The third-order valence-electron chi connectivity index (χ3n) is 4.41. The lowest BCUT2D eigenvalue weighted by Crippen LogP contribution is -2.20. The van der Waals surface area contributed by atoms with Gasteiger partial charge in [0.15, 0.2) is 0 Å². The first-order valence-electron chi connectivity index (χ1n) is 9.56. The van der Waals surface area contributed by atoms with Gasteiger partial charge in [0.25, 0.3) is 11.5 Å². The van der Waals surface area contributed by atoms with Gasteiger partial charge in [-0.2, -0.15) is 36.1 Å². The Balaban J connectivity index is 2.03. The first kappa shape index (κ1) is 24.0. The smallest absolute Gasteiger partial charge is 0.306 e. The molecule has 0 saturated heterocycles. The molecule has 0 fully saturated rings. The molecule has 2 N–H and O–H groups in total. The SMILES string of the molecule is CCCc1cc(=O)[nH]c(-n2nc(C)cc2NC(=O)c2cc(C(F)(F)F)cc(C(F)(F)F)c2)n1. The van der Waals surface area contributed by atoms with Gasteiger partial charge in [0.05, 0.1) is 16.8 Å². The normalized spacial score (nSPS) is 12.1. The molecule has 0 atom stereocenters. The third kappa shape index (κ3) is 5.59. The van der Waals surface area contributed by atoms with Gasteiger partial charge in [-0.1, -0.05) is 13.3 Å². The van der Waals surface area contributed by atoms with Crippen LogP contribution in [0.4, 0.5) is 32.2 Å². The monoisotopic (exact) mass is 473 g/mol. The van der Waals surface area contributed by atoms with Crippen LogP contribution in [0, 0.1) is 6.92 Å². The number of nitrogens with zero attached hydrogens (tertiary/aromatic N) is 3. The van der Waals surface area contributed by atoms with Crippen molar-refractivity contribution in [1.82, 2.24) is 19.7 Å². The maximum Gasteiger partial charge on any atom is 0.416 e. The van der Waals surface area contributed by atoms with Gasteiger partial charge in [0.1, 0.15) is 5.82 Å². The van der Waals surface area contributed by atoms with Crippen LogP contribution in [0.15, 0.2) is 35.1 Å². The number of aromatic amines is 1. The molecule has 0 aliphatic rings. The molecule has 0 spiro atoms. The van der Waals surface area contributed by atoms with E-state index in [1.807, 2.05) is 6.92 Å². The van der Waals surface area contributed by atoms with E-state index in [4.69, 9.17) is 0 Å². The number of carbonyl (C=O) groups is 1. The largest absolute Gasteiger partial charge is 0.416 e. The zero-order valence-corrected chi connectivity index (χ0v) is 17.2. The second-order valence-corrected chi connectivity index (χ2v) is 7.14. The molecule has 0 radical (unpaired) electrons. The summed E-state index contributed by atoms with van der Waals surface area (Å²) in [6.45, 7) is 3.41. The van der Waals surface area contributed by atoms with Gasteiger partial charge in [-0.15, -0.1) is 0 Å². The number of carbonyl (C=O) groups excluding carboxylic acids is 1. The number of alkyl halides is 6. The number of aromatic nitrogens is 4. The fourth-order valence-electron chi connectivity index (χ4n) is 3.00. The lowest BCUT2D eigenvalue weighted by atomic mass is 10.0. The predicted octanol–water partition coefficient (Wildman–Crippen LogP) is 4.51. The number of H-pyrrole nitrogens is 1. The maximum absolute atomic E-state index is 13.1. The highest BCUT2D eigenvalue weighted by Gasteiger charge is 2.37. The minimum Gasteiger partial charge on any atom is -0.306 e. The van der Waals surface area contributed by atoms with Gasteiger partial charge < -0.3 is 5.32 Å². The Labute approximate surface area is 182 Å². The van der Waals surface area contributed by atoms with Gasteiger partial charge in [0, 0.05) is 23.4 Å². The third-order valence-corrected chi connectivity index (χ3v) is 4.41. The molecule has 33 heavy (non-hydrogen) atoms. The summed E-state index contributed by atoms with van der Waals surface area (Å²) in [7, 11) is 0. The first-order chi connectivity index (χ1) is 15.3. The topological polar surface area (TPSA) is 92.7 Å². The average molecular weight is 473 g/mol. The fourth-order valence-corrected chi connectivity index (χ4v) is 3.00. The number of amides is 1. The molecular weight excluding hydrogens is 456 g/mol. The van der Waals surface area contributed by atoms with E-state index in [1.165, 1.54) is 19.1 Å². The number of aryl methyl sites for hydroxylation is 2. The van der Waals surface area contributed by atoms with Crippen LogP contribution in [0.3, 0.4) is 0 Å². The molecule has 13 heteroatoms. The maximum atomic E-state index is 13.1. The molecule has 0 aliphatic carbocycles. The zero-order chi connectivity index (χ0) is 24.6. The van der Waals surface area contributed by atoms with Gasteiger partial charge in [-0.05, 0) is 31.5 Å². The average Bonchev–Trinajstić information content (AvgIpc) is 3.06. The number of halogens is 6. The quantitative estimate of drug-likeness (QED) is 0.534. The summed E-state index contributed by atoms with van der Waals surface area (Å²) in [5.74, 6) is -1.42. The standard InChI is InChI=1S/C20H17F6N5O2/c1-3-4-14-9-16(32)29-18(27-14)31-15(5-10(2)30-31)28-17(33)11-6-12(19(21,22)23)8-13(7-11)20(24,25)26/h5-9H,3-4H2,1-2H3,(H,28,33)(H,27,29,32). The Morgan fingerprint density at radius 3 is 2.18 bits per heavy atom. The molecule has 3 rings (SSSR count). The van der Waals surface area contributed by atoms with Crippen LogP contribution < -0.4 is 10.9 Å². The van der Waals surface area contributed by atoms with E-state index in [0.717, 1.165) is 4.68 Å². The Bertz CT molecular complexity index is 1210. The van der Waals surface area contributed by atoms with Crippen molar-refractivity contribution in [3.05, 3.63) is 68.8 Å². The highest BCUT2D eigenvalue weighted by Crippen LogP contribution is 2.36. The molecule has 0 aliphatic heterocycles.